The molecule has 0 unspecified atom stereocenters. The van der Waals surface area contributed by atoms with Gasteiger partial charge in [-0.25, -0.2) is 0 Å². The van der Waals surface area contributed by atoms with Crippen LogP contribution in [0, 0.1) is 0 Å². The van der Waals surface area contributed by atoms with E-state index in [1.54, 1.807) is 24.2 Å². The van der Waals surface area contributed by atoms with Crippen LogP contribution in [0.2, 0.25) is 0 Å². The van der Waals surface area contributed by atoms with Crippen LogP contribution in [0.1, 0.15) is 16.1 Å². The van der Waals surface area contributed by atoms with Crippen LogP contribution in [0.15, 0.2) is 42.6 Å². The lowest BCUT2D eigenvalue weighted by atomic mass is 10.1. The molecule has 2 N–H and O–H groups in total. The Morgan fingerprint density at radius 2 is 2.04 bits per heavy atom. The molecule has 1 fully saturated rings. The predicted octanol–water partition coefficient (Wildman–Crippen LogP) is 0.525. The molecule has 0 saturated carbocycles. The third-order valence-corrected chi connectivity index (χ3v) is 4.59. The Kier molecular flexibility index (Phi) is 5.45. The number of benzene rings is 1. The van der Waals surface area contributed by atoms with E-state index in [0.29, 0.717) is 25.3 Å². The highest BCUT2D eigenvalue weighted by Gasteiger charge is 2.34. The Morgan fingerprint density at radius 1 is 1.24 bits per heavy atom. The number of rotatable bonds is 5. The minimum absolute atomic E-state index is 0.0600. The maximum Gasteiger partial charge on any atom is 0.271 e. The fourth-order valence-electron chi connectivity index (χ4n) is 3.15. The van der Waals surface area contributed by atoms with Crippen molar-refractivity contribution in [3.05, 3.63) is 53.9 Å². The molecular weight excluding hydrogens is 318 g/mol. The van der Waals surface area contributed by atoms with Gasteiger partial charge < -0.3 is 10.2 Å². The summed E-state index contributed by atoms with van der Waals surface area (Å²) in [5.41, 5.74) is 1.70. The molecule has 1 aromatic heterocycles. The highest BCUT2D eigenvalue weighted by atomic mass is 16.2. The number of piperazine rings is 1. The van der Waals surface area contributed by atoms with Gasteiger partial charge in [-0.2, -0.15) is 5.10 Å². The van der Waals surface area contributed by atoms with Crippen molar-refractivity contribution < 1.29 is 9.59 Å². The highest BCUT2D eigenvalue weighted by Crippen LogP contribution is 2.14. The van der Waals surface area contributed by atoms with E-state index in [9.17, 15) is 9.59 Å². The lowest BCUT2D eigenvalue weighted by Gasteiger charge is -2.40. The standard InChI is InChI=1S/C18H23N5O2/c1-19-17(24)16-13-23(18(25)15-7-9-20-21-15)12-11-22(16)10-8-14-5-3-2-4-6-14/h2-7,9,16H,8,10-13H2,1H3,(H,19,24)(H,20,21)/t16-/m1/s1. The van der Waals surface area contributed by atoms with Crippen molar-refractivity contribution >= 4 is 11.8 Å². The first-order valence-corrected chi connectivity index (χ1v) is 8.47. The lowest BCUT2D eigenvalue weighted by molar-refractivity contribution is -0.127. The van der Waals surface area contributed by atoms with E-state index in [0.717, 1.165) is 13.0 Å². The molecule has 25 heavy (non-hydrogen) atoms. The molecule has 1 saturated heterocycles. The van der Waals surface area contributed by atoms with Gasteiger partial charge in [0.2, 0.25) is 5.91 Å². The predicted molar refractivity (Wildman–Crippen MR) is 94.1 cm³/mol. The van der Waals surface area contributed by atoms with Crippen molar-refractivity contribution in [1.82, 2.24) is 25.3 Å². The van der Waals surface area contributed by atoms with Crippen LogP contribution in [0.4, 0.5) is 0 Å². The van der Waals surface area contributed by atoms with Gasteiger partial charge in [0.15, 0.2) is 0 Å². The monoisotopic (exact) mass is 341 g/mol. The van der Waals surface area contributed by atoms with E-state index in [4.69, 9.17) is 0 Å². The molecule has 1 aliphatic heterocycles. The Balaban J connectivity index is 1.66. The molecule has 0 spiro atoms. The average Bonchev–Trinajstić information content (AvgIpc) is 3.20. The minimum Gasteiger partial charge on any atom is -0.358 e. The number of hydrogen-bond donors (Lipinski definition) is 2. The quantitative estimate of drug-likeness (QED) is 0.831. The molecule has 1 aromatic carbocycles. The molecule has 132 valence electrons. The number of amides is 2. The van der Waals surface area contributed by atoms with Crippen molar-refractivity contribution in [2.45, 2.75) is 12.5 Å². The number of carbonyl (C=O) groups excluding carboxylic acids is 2. The molecule has 3 rings (SSSR count). The van der Waals surface area contributed by atoms with Crippen molar-refractivity contribution in [2.24, 2.45) is 0 Å². The molecule has 2 heterocycles. The largest absolute Gasteiger partial charge is 0.358 e. The van der Waals surface area contributed by atoms with Gasteiger partial charge in [-0.05, 0) is 18.1 Å². The zero-order valence-corrected chi connectivity index (χ0v) is 14.3. The Labute approximate surface area is 147 Å². The van der Waals surface area contributed by atoms with Gasteiger partial charge >= 0.3 is 0 Å². The fraction of sp³-hybridized carbons (Fsp3) is 0.389. The van der Waals surface area contributed by atoms with Crippen LogP contribution in [-0.4, -0.2) is 71.1 Å². The maximum absolute atomic E-state index is 12.5. The van der Waals surface area contributed by atoms with Crippen LogP contribution >= 0.6 is 0 Å². The van der Waals surface area contributed by atoms with Crippen LogP contribution in [0.5, 0.6) is 0 Å². The second kappa shape index (κ2) is 7.94. The normalized spacial score (nSPS) is 18.1. The van der Waals surface area contributed by atoms with Crippen molar-refractivity contribution in [3.63, 3.8) is 0 Å². The molecule has 2 aromatic rings. The summed E-state index contributed by atoms with van der Waals surface area (Å²) < 4.78 is 0. The summed E-state index contributed by atoms with van der Waals surface area (Å²) in [6, 6.07) is 11.5. The smallest absolute Gasteiger partial charge is 0.271 e. The van der Waals surface area contributed by atoms with Crippen LogP contribution in [0.25, 0.3) is 0 Å². The SMILES string of the molecule is CNC(=O)[C@H]1CN(C(=O)c2ccn[nH]2)CCN1CCc1ccccc1. The summed E-state index contributed by atoms with van der Waals surface area (Å²) in [7, 11) is 1.63. The molecule has 0 bridgehead atoms. The number of hydrogen-bond acceptors (Lipinski definition) is 4. The summed E-state index contributed by atoms with van der Waals surface area (Å²) in [6.07, 6.45) is 2.43. The molecule has 1 atom stereocenters. The van der Waals surface area contributed by atoms with Gasteiger partial charge in [-0.3, -0.25) is 19.6 Å². The minimum atomic E-state index is -0.339. The van der Waals surface area contributed by atoms with Gasteiger partial charge in [-0.1, -0.05) is 30.3 Å². The summed E-state index contributed by atoms with van der Waals surface area (Å²) in [4.78, 5) is 28.7. The highest BCUT2D eigenvalue weighted by molar-refractivity contribution is 5.93. The first kappa shape index (κ1) is 17.2. The second-order valence-corrected chi connectivity index (χ2v) is 6.12. The summed E-state index contributed by atoms with van der Waals surface area (Å²) >= 11 is 0. The van der Waals surface area contributed by atoms with E-state index < -0.39 is 0 Å². The summed E-state index contributed by atoms with van der Waals surface area (Å²) in [5, 5.41) is 9.24. The first-order valence-electron chi connectivity index (χ1n) is 8.47. The molecule has 1 aliphatic rings. The Morgan fingerprint density at radius 3 is 2.72 bits per heavy atom. The summed E-state index contributed by atoms with van der Waals surface area (Å²) in [5.74, 6) is -0.177. The topological polar surface area (TPSA) is 81.3 Å². The summed E-state index contributed by atoms with van der Waals surface area (Å²) in [6.45, 7) is 2.44. The number of nitrogens with one attached hydrogen (secondary N) is 2. The lowest BCUT2D eigenvalue weighted by Crippen LogP contribution is -2.60. The number of carbonyl (C=O) groups is 2. The molecule has 0 aliphatic carbocycles. The Bertz CT molecular complexity index is 702. The number of aromatic nitrogens is 2. The first-order chi connectivity index (χ1) is 12.2. The fourth-order valence-corrected chi connectivity index (χ4v) is 3.15. The van der Waals surface area contributed by atoms with Crippen molar-refractivity contribution in [3.8, 4) is 0 Å². The average molecular weight is 341 g/mol. The van der Waals surface area contributed by atoms with Gasteiger partial charge in [0, 0.05) is 39.4 Å². The number of likely N-dealkylation sites (N-methyl/N-ethyl adjacent to an activating group) is 1. The zero-order chi connectivity index (χ0) is 17.6. The number of H-pyrrole nitrogens is 1. The number of aromatic amines is 1. The van der Waals surface area contributed by atoms with Gasteiger partial charge in [0.25, 0.3) is 5.91 Å². The van der Waals surface area contributed by atoms with E-state index >= 15 is 0 Å². The van der Waals surface area contributed by atoms with Crippen LogP contribution in [0.3, 0.4) is 0 Å². The van der Waals surface area contributed by atoms with Crippen LogP contribution in [-0.2, 0) is 11.2 Å². The van der Waals surface area contributed by atoms with Crippen molar-refractivity contribution in [2.75, 3.05) is 33.2 Å². The molecule has 2 amide bonds. The van der Waals surface area contributed by atoms with Crippen molar-refractivity contribution in [1.29, 1.82) is 0 Å². The zero-order valence-electron chi connectivity index (χ0n) is 14.3. The van der Waals surface area contributed by atoms with E-state index in [1.807, 2.05) is 18.2 Å². The van der Waals surface area contributed by atoms with Gasteiger partial charge in [-0.15, -0.1) is 0 Å². The maximum atomic E-state index is 12.5. The molecule has 7 nitrogen and oxygen atoms in total. The third-order valence-electron chi connectivity index (χ3n) is 4.59. The third kappa shape index (κ3) is 4.06. The molecular formula is C18H23N5O2. The van der Waals surface area contributed by atoms with E-state index in [-0.39, 0.29) is 17.9 Å². The van der Waals surface area contributed by atoms with Gasteiger partial charge in [0.05, 0.1) is 0 Å². The van der Waals surface area contributed by atoms with Gasteiger partial charge in [0.1, 0.15) is 11.7 Å². The molecule has 0 radical (unpaired) electrons. The Hall–Kier alpha value is -2.67. The van der Waals surface area contributed by atoms with Crippen LogP contribution < -0.4 is 5.32 Å². The van der Waals surface area contributed by atoms with E-state index in [1.165, 1.54) is 5.56 Å². The number of nitrogens with zero attached hydrogens (tertiary/aromatic N) is 3. The van der Waals surface area contributed by atoms with E-state index in [2.05, 4.69) is 32.5 Å². The second-order valence-electron chi connectivity index (χ2n) is 6.12. The molecule has 7 heteroatoms.